The lowest BCUT2D eigenvalue weighted by Crippen LogP contribution is -2.09. The third kappa shape index (κ3) is 5.54. The molecule has 5 heteroatoms. The molecule has 1 N–H and O–H groups in total. The lowest BCUT2D eigenvalue weighted by molar-refractivity contribution is -0.139. The molecule has 110 valence electrons. The molecule has 0 unspecified atom stereocenters. The van der Waals surface area contributed by atoms with Crippen LogP contribution in [0.5, 0.6) is 11.5 Å². The Balaban J connectivity index is 1.70. The van der Waals surface area contributed by atoms with E-state index >= 15 is 0 Å². The minimum Gasteiger partial charge on any atom is -0.482 e. The van der Waals surface area contributed by atoms with E-state index in [0.717, 1.165) is 5.56 Å². The Hall–Kier alpha value is -2.53. The molecule has 0 amide bonds. The first-order valence-electron chi connectivity index (χ1n) is 6.43. The fourth-order valence-electron chi connectivity index (χ4n) is 1.62. The van der Waals surface area contributed by atoms with Crippen LogP contribution in [0.1, 0.15) is 5.56 Å². The second kappa shape index (κ2) is 7.91. The molecular weight excluding hydrogens is 272 g/mol. The first kappa shape index (κ1) is 14.9. The van der Waals surface area contributed by atoms with Gasteiger partial charge < -0.3 is 19.3 Å². The number of carbonyl (C=O) groups is 1. The average Bonchev–Trinajstić information content (AvgIpc) is 2.52. The largest absolute Gasteiger partial charge is 0.482 e. The molecular formula is C16H16O5. The first-order valence-corrected chi connectivity index (χ1v) is 6.43. The summed E-state index contributed by atoms with van der Waals surface area (Å²) < 4.78 is 15.8. The van der Waals surface area contributed by atoms with Gasteiger partial charge in [0.05, 0.1) is 6.61 Å². The highest BCUT2D eigenvalue weighted by Gasteiger charge is 2.00. The van der Waals surface area contributed by atoms with Crippen molar-refractivity contribution in [2.24, 2.45) is 0 Å². The number of carboxylic acids is 1. The van der Waals surface area contributed by atoms with Crippen LogP contribution in [0.25, 0.3) is 0 Å². The topological polar surface area (TPSA) is 65.0 Å². The number of hydrogen-bond acceptors (Lipinski definition) is 4. The number of carboxylic acid groups (broad SMARTS) is 1. The van der Waals surface area contributed by atoms with Gasteiger partial charge >= 0.3 is 5.97 Å². The average molecular weight is 288 g/mol. The van der Waals surface area contributed by atoms with Crippen molar-refractivity contribution >= 4 is 5.97 Å². The van der Waals surface area contributed by atoms with Crippen molar-refractivity contribution in [3.05, 3.63) is 60.2 Å². The number of aliphatic carboxylic acids is 1. The molecule has 0 radical (unpaired) electrons. The van der Waals surface area contributed by atoms with Crippen LogP contribution in [-0.4, -0.2) is 24.5 Å². The molecule has 0 aliphatic rings. The predicted molar refractivity (Wildman–Crippen MR) is 76.3 cm³/mol. The Morgan fingerprint density at radius 2 is 1.52 bits per heavy atom. The maximum Gasteiger partial charge on any atom is 0.341 e. The number of rotatable bonds is 8. The summed E-state index contributed by atoms with van der Waals surface area (Å²) in [5.41, 5.74) is 1.08. The van der Waals surface area contributed by atoms with Gasteiger partial charge in [-0.3, -0.25) is 0 Å². The van der Waals surface area contributed by atoms with Crippen LogP contribution < -0.4 is 9.47 Å². The molecule has 0 fully saturated rings. The van der Waals surface area contributed by atoms with Gasteiger partial charge in [0.2, 0.25) is 0 Å². The van der Waals surface area contributed by atoms with E-state index in [4.69, 9.17) is 19.3 Å². The van der Waals surface area contributed by atoms with E-state index in [9.17, 15) is 4.79 Å². The van der Waals surface area contributed by atoms with Gasteiger partial charge in [0.15, 0.2) is 13.4 Å². The minimum absolute atomic E-state index is 0.143. The van der Waals surface area contributed by atoms with E-state index in [1.165, 1.54) is 0 Å². The molecule has 2 aromatic carbocycles. The summed E-state index contributed by atoms with van der Waals surface area (Å²) in [5, 5.41) is 8.50. The maximum absolute atomic E-state index is 10.4. The monoisotopic (exact) mass is 288 g/mol. The normalized spacial score (nSPS) is 10.1. The number of ether oxygens (including phenoxy) is 3. The van der Waals surface area contributed by atoms with Crippen LogP contribution in [0.3, 0.4) is 0 Å². The molecule has 0 saturated heterocycles. The summed E-state index contributed by atoms with van der Waals surface area (Å²) in [5.74, 6) is 0.102. The molecule has 2 rings (SSSR count). The summed E-state index contributed by atoms with van der Waals surface area (Å²) in [6.45, 7) is 0.269. The fraction of sp³-hybridized carbons (Fsp3) is 0.188. The molecule has 21 heavy (non-hydrogen) atoms. The zero-order valence-electron chi connectivity index (χ0n) is 11.4. The predicted octanol–water partition coefficient (Wildman–Crippen LogP) is 2.70. The molecule has 0 spiro atoms. The van der Waals surface area contributed by atoms with Crippen LogP contribution in [-0.2, 0) is 16.1 Å². The number of hydrogen-bond donors (Lipinski definition) is 1. The third-order valence-electron chi connectivity index (χ3n) is 2.61. The lowest BCUT2D eigenvalue weighted by atomic mass is 10.2. The van der Waals surface area contributed by atoms with E-state index in [-0.39, 0.29) is 13.4 Å². The second-order valence-electron chi connectivity index (χ2n) is 4.25. The van der Waals surface area contributed by atoms with E-state index in [0.29, 0.717) is 18.1 Å². The summed E-state index contributed by atoms with van der Waals surface area (Å²) in [7, 11) is 0. The van der Waals surface area contributed by atoms with Crippen molar-refractivity contribution in [2.45, 2.75) is 6.61 Å². The minimum atomic E-state index is -1.01. The van der Waals surface area contributed by atoms with Crippen molar-refractivity contribution in [1.29, 1.82) is 0 Å². The first-order chi connectivity index (χ1) is 10.2. The molecule has 0 heterocycles. The van der Waals surface area contributed by atoms with Crippen molar-refractivity contribution in [1.82, 2.24) is 0 Å². The maximum atomic E-state index is 10.4. The summed E-state index contributed by atoms with van der Waals surface area (Å²) in [4.78, 5) is 10.4. The smallest absolute Gasteiger partial charge is 0.341 e. The molecule has 0 atom stereocenters. The highest BCUT2D eigenvalue weighted by molar-refractivity contribution is 5.68. The van der Waals surface area contributed by atoms with Crippen molar-refractivity contribution in [2.75, 3.05) is 13.4 Å². The Morgan fingerprint density at radius 3 is 2.14 bits per heavy atom. The number of benzene rings is 2. The standard InChI is InChI=1S/C16H16O5/c17-16(18)11-20-14-6-8-15(9-7-14)21-12-19-10-13-4-2-1-3-5-13/h1-9H,10-12H2,(H,17,18). The highest BCUT2D eigenvalue weighted by atomic mass is 16.7. The molecule has 0 aromatic heterocycles. The van der Waals surface area contributed by atoms with Crippen LogP contribution in [0, 0.1) is 0 Å². The lowest BCUT2D eigenvalue weighted by Gasteiger charge is -2.08. The summed E-state index contributed by atoms with van der Waals surface area (Å²) in [6, 6.07) is 16.5. The van der Waals surface area contributed by atoms with Gasteiger partial charge in [-0.05, 0) is 29.8 Å². The van der Waals surface area contributed by atoms with Gasteiger partial charge in [0, 0.05) is 0 Å². The Labute approximate surface area is 122 Å². The molecule has 0 aliphatic carbocycles. The molecule has 0 saturated carbocycles. The van der Waals surface area contributed by atoms with Gasteiger partial charge in [-0.2, -0.15) is 0 Å². The Morgan fingerprint density at radius 1 is 0.905 bits per heavy atom. The summed E-state index contributed by atoms with van der Waals surface area (Å²) >= 11 is 0. The Kier molecular flexibility index (Phi) is 5.60. The summed E-state index contributed by atoms with van der Waals surface area (Å²) in [6.07, 6.45) is 0. The van der Waals surface area contributed by atoms with Gasteiger partial charge in [-0.15, -0.1) is 0 Å². The van der Waals surface area contributed by atoms with Gasteiger partial charge in [0.25, 0.3) is 0 Å². The van der Waals surface area contributed by atoms with Crippen LogP contribution in [0.15, 0.2) is 54.6 Å². The van der Waals surface area contributed by atoms with Crippen LogP contribution >= 0.6 is 0 Å². The van der Waals surface area contributed by atoms with Crippen LogP contribution in [0.2, 0.25) is 0 Å². The van der Waals surface area contributed by atoms with E-state index in [1.54, 1.807) is 24.3 Å². The molecule has 0 bridgehead atoms. The second-order valence-corrected chi connectivity index (χ2v) is 4.25. The molecule has 5 nitrogen and oxygen atoms in total. The zero-order chi connectivity index (χ0) is 14.9. The van der Waals surface area contributed by atoms with Gasteiger partial charge in [-0.1, -0.05) is 30.3 Å². The molecule has 0 aliphatic heterocycles. The quantitative estimate of drug-likeness (QED) is 0.597. The highest BCUT2D eigenvalue weighted by Crippen LogP contribution is 2.17. The molecule has 2 aromatic rings. The van der Waals surface area contributed by atoms with Gasteiger partial charge in [0.1, 0.15) is 11.5 Å². The van der Waals surface area contributed by atoms with E-state index in [2.05, 4.69) is 0 Å². The van der Waals surface area contributed by atoms with Crippen molar-refractivity contribution < 1.29 is 24.1 Å². The van der Waals surface area contributed by atoms with E-state index in [1.807, 2.05) is 30.3 Å². The Bertz CT molecular complexity index is 551. The SMILES string of the molecule is O=C(O)COc1ccc(OCOCc2ccccc2)cc1. The van der Waals surface area contributed by atoms with E-state index < -0.39 is 5.97 Å². The third-order valence-corrected chi connectivity index (χ3v) is 2.61. The van der Waals surface area contributed by atoms with Gasteiger partial charge in [-0.25, -0.2) is 4.79 Å². The van der Waals surface area contributed by atoms with Crippen molar-refractivity contribution in [3.8, 4) is 11.5 Å². The fourth-order valence-corrected chi connectivity index (χ4v) is 1.62. The van der Waals surface area contributed by atoms with Crippen molar-refractivity contribution in [3.63, 3.8) is 0 Å². The van der Waals surface area contributed by atoms with Crippen LogP contribution in [0.4, 0.5) is 0 Å². The zero-order valence-corrected chi connectivity index (χ0v) is 11.4.